The van der Waals surface area contributed by atoms with E-state index in [0.29, 0.717) is 22.8 Å². The number of aliphatic hydroxyl groups excluding tert-OH is 1. The van der Waals surface area contributed by atoms with Gasteiger partial charge in [0.25, 0.3) is 5.91 Å². The van der Waals surface area contributed by atoms with Crippen molar-refractivity contribution in [3.63, 3.8) is 0 Å². The van der Waals surface area contributed by atoms with E-state index in [1.54, 1.807) is 18.2 Å². The van der Waals surface area contributed by atoms with Crippen LogP contribution in [0.15, 0.2) is 42.5 Å². The van der Waals surface area contributed by atoms with Crippen molar-refractivity contribution in [3.8, 4) is 17.2 Å². The number of carbonyl (C=O) groups is 1. The van der Waals surface area contributed by atoms with Crippen LogP contribution in [0.3, 0.4) is 0 Å². The summed E-state index contributed by atoms with van der Waals surface area (Å²) in [4.78, 5) is 14.8. The van der Waals surface area contributed by atoms with Gasteiger partial charge in [-0.3, -0.25) is 9.69 Å². The Balaban J connectivity index is 1.20. The molecule has 8 heteroatoms. The lowest BCUT2D eigenvalue weighted by molar-refractivity contribution is -0.0704. The molecule has 4 rings (SSSR count). The second-order valence-corrected chi connectivity index (χ2v) is 8.34. The molecule has 32 heavy (non-hydrogen) atoms. The van der Waals surface area contributed by atoms with Gasteiger partial charge in [0, 0.05) is 37.8 Å². The lowest BCUT2D eigenvalue weighted by atomic mass is 10.1. The SMILES string of the molecule is CC1CN(Cc2ccc(C(=O)NCC(O)COc3ccc4c(c3)OCO4)cc2)CC(C)O1. The van der Waals surface area contributed by atoms with Gasteiger partial charge in [0.2, 0.25) is 6.79 Å². The van der Waals surface area contributed by atoms with Crippen molar-refractivity contribution >= 4 is 5.91 Å². The lowest BCUT2D eigenvalue weighted by Gasteiger charge is -2.35. The first kappa shape index (κ1) is 22.4. The Bertz CT molecular complexity index is 909. The number of fused-ring (bicyclic) bond motifs is 1. The van der Waals surface area contributed by atoms with E-state index in [9.17, 15) is 9.90 Å². The molecule has 2 aliphatic heterocycles. The topological polar surface area (TPSA) is 89.5 Å². The minimum Gasteiger partial charge on any atom is -0.491 e. The Morgan fingerprint density at radius 2 is 1.84 bits per heavy atom. The largest absolute Gasteiger partial charge is 0.491 e. The molecule has 3 unspecified atom stereocenters. The summed E-state index contributed by atoms with van der Waals surface area (Å²) in [5, 5.41) is 12.9. The van der Waals surface area contributed by atoms with E-state index in [1.807, 2.05) is 24.3 Å². The molecule has 172 valence electrons. The zero-order valence-electron chi connectivity index (χ0n) is 18.5. The Kier molecular flexibility index (Phi) is 7.14. The highest BCUT2D eigenvalue weighted by molar-refractivity contribution is 5.94. The smallest absolute Gasteiger partial charge is 0.251 e. The summed E-state index contributed by atoms with van der Waals surface area (Å²) in [6, 6.07) is 12.8. The van der Waals surface area contributed by atoms with Crippen LogP contribution >= 0.6 is 0 Å². The van der Waals surface area contributed by atoms with Crippen LogP contribution in [0.5, 0.6) is 17.2 Å². The first-order valence-electron chi connectivity index (χ1n) is 10.9. The van der Waals surface area contributed by atoms with Crippen LogP contribution in [-0.4, -0.2) is 67.3 Å². The van der Waals surface area contributed by atoms with Crippen LogP contribution in [-0.2, 0) is 11.3 Å². The molecule has 1 saturated heterocycles. The molecule has 1 fully saturated rings. The molecule has 0 bridgehead atoms. The maximum absolute atomic E-state index is 12.4. The average Bonchev–Trinajstić information content (AvgIpc) is 3.24. The molecule has 0 aliphatic carbocycles. The van der Waals surface area contributed by atoms with Gasteiger partial charge in [-0.1, -0.05) is 12.1 Å². The minimum absolute atomic E-state index is 0.0508. The van der Waals surface area contributed by atoms with E-state index in [-0.39, 0.29) is 38.1 Å². The monoisotopic (exact) mass is 442 g/mol. The molecule has 0 radical (unpaired) electrons. The number of carbonyl (C=O) groups excluding carboxylic acids is 1. The van der Waals surface area contributed by atoms with Gasteiger partial charge in [-0.05, 0) is 43.7 Å². The van der Waals surface area contributed by atoms with Crippen LogP contribution in [0.2, 0.25) is 0 Å². The number of nitrogens with one attached hydrogen (secondary N) is 1. The Hall–Kier alpha value is -2.81. The Morgan fingerprint density at radius 1 is 1.12 bits per heavy atom. The fraction of sp³-hybridized carbons (Fsp3) is 0.458. The van der Waals surface area contributed by atoms with Gasteiger partial charge >= 0.3 is 0 Å². The van der Waals surface area contributed by atoms with E-state index >= 15 is 0 Å². The number of amides is 1. The second kappa shape index (κ2) is 10.2. The zero-order chi connectivity index (χ0) is 22.5. The third-order valence-corrected chi connectivity index (χ3v) is 5.40. The number of benzene rings is 2. The molecule has 2 heterocycles. The molecule has 2 N–H and O–H groups in total. The zero-order valence-corrected chi connectivity index (χ0v) is 18.5. The maximum atomic E-state index is 12.4. The Morgan fingerprint density at radius 3 is 2.59 bits per heavy atom. The molecule has 2 aliphatic rings. The van der Waals surface area contributed by atoms with Crippen molar-refractivity contribution in [1.82, 2.24) is 10.2 Å². The first-order valence-corrected chi connectivity index (χ1v) is 10.9. The van der Waals surface area contributed by atoms with Crippen LogP contribution < -0.4 is 19.5 Å². The molecule has 0 spiro atoms. The molecule has 0 saturated carbocycles. The van der Waals surface area contributed by atoms with Gasteiger partial charge in [0.05, 0.1) is 12.2 Å². The first-order chi connectivity index (χ1) is 15.5. The van der Waals surface area contributed by atoms with Crippen molar-refractivity contribution in [2.24, 2.45) is 0 Å². The molecule has 0 aromatic heterocycles. The second-order valence-electron chi connectivity index (χ2n) is 8.34. The standard InChI is InChI=1S/C24H30N2O6/c1-16-11-26(12-17(2)32-16)13-18-3-5-19(6-4-18)24(28)25-10-20(27)14-29-21-7-8-22-23(9-21)31-15-30-22/h3-9,16-17,20,27H,10-15H2,1-2H3,(H,25,28). The molecule has 3 atom stereocenters. The van der Waals surface area contributed by atoms with Crippen LogP contribution in [0.1, 0.15) is 29.8 Å². The summed E-state index contributed by atoms with van der Waals surface area (Å²) in [5.74, 6) is 1.63. The van der Waals surface area contributed by atoms with Gasteiger partial charge < -0.3 is 29.4 Å². The van der Waals surface area contributed by atoms with Crippen molar-refractivity contribution in [1.29, 1.82) is 0 Å². The fourth-order valence-corrected chi connectivity index (χ4v) is 3.96. The van der Waals surface area contributed by atoms with Gasteiger partial charge in [0.1, 0.15) is 18.5 Å². The molecule has 2 aromatic carbocycles. The number of aliphatic hydroxyl groups is 1. The van der Waals surface area contributed by atoms with E-state index in [4.69, 9.17) is 18.9 Å². The Labute approximate surface area is 188 Å². The number of hydrogen-bond donors (Lipinski definition) is 2. The number of nitrogens with zero attached hydrogens (tertiary/aromatic N) is 1. The molecule has 8 nitrogen and oxygen atoms in total. The van der Waals surface area contributed by atoms with Gasteiger partial charge in [-0.2, -0.15) is 0 Å². The normalized spacial score (nSPS) is 21.2. The summed E-state index contributed by atoms with van der Waals surface area (Å²) in [7, 11) is 0. The fourth-order valence-electron chi connectivity index (χ4n) is 3.96. The van der Waals surface area contributed by atoms with Gasteiger partial charge in [0.15, 0.2) is 11.5 Å². The number of rotatable bonds is 8. The highest BCUT2D eigenvalue weighted by atomic mass is 16.7. The van der Waals surface area contributed by atoms with Crippen molar-refractivity contribution < 1.29 is 28.8 Å². The summed E-state index contributed by atoms with van der Waals surface area (Å²) in [5.41, 5.74) is 1.71. The summed E-state index contributed by atoms with van der Waals surface area (Å²) < 4.78 is 21.9. The van der Waals surface area contributed by atoms with Crippen LogP contribution in [0, 0.1) is 0 Å². The highest BCUT2D eigenvalue weighted by Gasteiger charge is 2.22. The number of morpholine rings is 1. The van der Waals surface area contributed by atoms with Crippen LogP contribution in [0.4, 0.5) is 0 Å². The van der Waals surface area contributed by atoms with E-state index in [1.165, 1.54) is 0 Å². The molecule has 1 amide bonds. The minimum atomic E-state index is -0.839. The third-order valence-electron chi connectivity index (χ3n) is 5.40. The summed E-state index contributed by atoms with van der Waals surface area (Å²) >= 11 is 0. The predicted octanol–water partition coefficient (Wildman–Crippen LogP) is 2.19. The van der Waals surface area contributed by atoms with Crippen molar-refractivity contribution in [3.05, 3.63) is 53.6 Å². The average molecular weight is 443 g/mol. The van der Waals surface area contributed by atoms with E-state index in [0.717, 1.165) is 25.2 Å². The van der Waals surface area contributed by atoms with E-state index in [2.05, 4.69) is 24.1 Å². The van der Waals surface area contributed by atoms with Crippen LogP contribution in [0.25, 0.3) is 0 Å². The van der Waals surface area contributed by atoms with Gasteiger partial charge in [-0.25, -0.2) is 0 Å². The highest BCUT2D eigenvalue weighted by Crippen LogP contribution is 2.35. The quantitative estimate of drug-likeness (QED) is 0.648. The van der Waals surface area contributed by atoms with Crippen molar-refractivity contribution in [2.45, 2.75) is 38.7 Å². The molecule has 2 aromatic rings. The van der Waals surface area contributed by atoms with Gasteiger partial charge in [-0.15, -0.1) is 0 Å². The van der Waals surface area contributed by atoms with Crippen molar-refractivity contribution in [2.75, 3.05) is 33.0 Å². The maximum Gasteiger partial charge on any atom is 0.251 e. The van der Waals surface area contributed by atoms with E-state index < -0.39 is 6.10 Å². The summed E-state index contributed by atoms with van der Waals surface area (Å²) in [6.07, 6.45) is -0.387. The summed E-state index contributed by atoms with van der Waals surface area (Å²) in [6.45, 7) is 7.15. The number of ether oxygens (including phenoxy) is 4. The number of hydrogen-bond acceptors (Lipinski definition) is 7. The molecular formula is C24H30N2O6. The third kappa shape index (κ3) is 5.91. The lowest BCUT2D eigenvalue weighted by Crippen LogP contribution is -2.44. The predicted molar refractivity (Wildman–Crippen MR) is 118 cm³/mol. The molecular weight excluding hydrogens is 412 g/mol.